The fourth-order valence-corrected chi connectivity index (χ4v) is 4.09. The largest absolute Gasteiger partial charge is 0.253 e. The summed E-state index contributed by atoms with van der Waals surface area (Å²) in [6.07, 6.45) is 2.16. The number of aromatic nitrogens is 2. The molecule has 2 heteroatoms. The maximum Gasteiger partial charge on any atom is 0.220 e. The van der Waals surface area contributed by atoms with E-state index in [0.29, 0.717) is 5.92 Å². The molecule has 0 amide bonds. The Morgan fingerprint density at radius 1 is 0.897 bits per heavy atom. The molecule has 146 valence electrons. The van der Waals surface area contributed by atoms with Crippen LogP contribution in [0.25, 0.3) is 33.3 Å². The predicted octanol–water partition coefficient (Wildman–Crippen LogP) is 6.44. The van der Waals surface area contributed by atoms with Gasteiger partial charge in [0.2, 0.25) is 5.69 Å². The standard InChI is InChI=1S/C27H29N2/c1-17(2)25-8-7-9-26(28-25)22-10-11-23-21(16-22)12-13-29(6)27(23)24-15-18(3)14-19(4)20(24)5/h7-17H,1-6H3/q+1. The number of benzene rings is 2. The van der Waals surface area contributed by atoms with Crippen LogP contribution in [0, 0.1) is 20.8 Å². The monoisotopic (exact) mass is 381 g/mol. The summed E-state index contributed by atoms with van der Waals surface area (Å²) in [6, 6.07) is 19.8. The Morgan fingerprint density at radius 2 is 1.69 bits per heavy atom. The van der Waals surface area contributed by atoms with Crippen molar-refractivity contribution >= 4 is 10.8 Å². The van der Waals surface area contributed by atoms with Gasteiger partial charge in [-0.3, -0.25) is 4.98 Å². The van der Waals surface area contributed by atoms with E-state index in [9.17, 15) is 0 Å². The van der Waals surface area contributed by atoms with Gasteiger partial charge in [-0.15, -0.1) is 0 Å². The highest BCUT2D eigenvalue weighted by Gasteiger charge is 2.19. The minimum absolute atomic E-state index is 0.425. The van der Waals surface area contributed by atoms with Gasteiger partial charge in [0.1, 0.15) is 7.05 Å². The normalized spacial score (nSPS) is 11.4. The van der Waals surface area contributed by atoms with Crippen LogP contribution in [0.1, 0.15) is 42.1 Å². The second kappa shape index (κ2) is 7.44. The van der Waals surface area contributed by atoms with Crippen LogP contribution in [0.4, 0.5) is 0 Å². The van der Waals surface area contributed by atoms with Gasteiger partial charge in [-0.05, 0) is 73.5 Å². The lowest BCUT2D eigenvalue weighted by Gasteiger charge is -2.12. The molecule has 0 aliphatic heterocycles. The molecule has 4 rings (SSSR count). The lowest BCUT2D eigenvalue weighted by molar-refractivity contribution is -0.659. The van der Waals surface area contributed by atoms with Crippen molar-refractivity contribution in [3.63, 3.8) is 0 Å². The summed E-state index contributed by atoms with van der Waals surface area (Å²) in [6.45, 7) is 11.0. The molecule has 0 unspecified atom stereocenters. The Hall–Kier alpha value is -3.00. The molecule has 2 nitrogen and oxygen atoms in total. The van der Waals surface area contributed by atoms with E-state index in [-0.39, 0.29) is 0 Å². The number of fused-ring (bicyclic) bond motifs is 1. The first-order valence-electron chi connectivity index (χ1n) is 10.3. The van der Waals surface area contributed by atoms with Gasteiger partial charge in [0, 0.05) is 17.3 Å². The second-order valence-electron chi connectivity index (χ2n) is 8.43. The topological polar surface area (TPSA) is 16.8 Å². The summed E-state index contributed by atoms with van der Waals surface area (Å²) in [4.78, 5) is 4.88. The second-order valence-corrected chi connectivity index (χ2v) is 8.43. The van der Waals surface area contributed by atoms with E-state index in [1.54, 1.807) is 0 Å². The zero-order chi connectivity index (χ0) is 20.7. The van der Waals surface area contributed by atoms with Crippen molar-refractivity contribution in [2.75, 3.05) is 0 Å². The van der Waals surface area contributed by atoms with E-state index in [0.717, 1.165) is 17.0 Å². The van der Waals surface area contributed by atoms with Gasteiger partial charge >= 0.3 is 0 Å². The van der Waals surface area contributed by atoms with Gasteiger partial charge in [-0.1, -0.05) is 37.6 Å². The summed E-state index contributed by atoms with van der Waals surface area (Å²) < 4.78 is 2.24. The highest BCUT2D eigenvalue weighted by molar-refractivity contribution is 5.96. The summed E-state index contributed by atoms with van der Waals surface area (Å²) in [5.74, 6) is 0.425. The molecule has 2 aromatic carbocycles. The van der Waals surface area contributed by atoms with Crippen LogP contribution in [0.2, 0.25) is 0 Å². The maximum atomic E-state index is 4.88. The lowest BCUT2D eigenvalue weighted by atomic mass is 9.94. The van der Waals surface area contributed by atoms with Crippen LogP contribution >= 0.6 is 0 Å². The Kier molecular flexibility index (Phi) is 4.96. The molecule has 0 saturated carbocycles. The van der Waals surface area contributed by atoms with Crippen LogP contribution in [0.5, 0.6) is 0 Å². The molecular formula is C27H29N2+. The fraction of sp³-hybridized carbons (Fsp3) is 0.259. The molecule has 0 aliphatic rings. The summed E-state index contributed by atoms with van der Waals surface area (Å²) >= 11 is 0. The Morgan fingerprint density at radius 3 is 2.45 bits per heavy atom. The zero-order valence-electron chi connectivity index (χ0n) is 18.2. The Labute approximate surface area is 173 Å². The maximum absolute atomic E-state index is 4.88. The van der Waals surface area contributed by atoms with E-state index in [4.69, 9.17) is 4.98 Å². The fourth-order valence-electron chi connectivity index (χ4n) is 4.09. The molecule has 0 aliphatic carbocycles. The lowest BCUT2D eigenvalue weighted by Crippen LogP contribution is -2.30. The minimum atomic E-state index is 0.425. The van der Waals surface area contributed by atoms with Gasteiger partial charge in [-0.25, -0.2) is 4.57 Å². The molecule has 2 aromatic heterocycles. The highest BCUT2D eigenvalue weighted by Crippen LogP contribution is 2.32. The third kappa shape index (κ3) is 3.55. The van der Waals surface area contributed by atoms with Gasteiger partial charge in [0.15, 0.2) is 6.20 Å². The number of nitrogens with zero attached hydrogens (tertiary/aromatic N) is 2. The SMILES string of the molecule is Cc1cc(C)c(C)c(-c2c3ccc(-c4cccc(C(C)C)n4)cc3cc[n+]2C)c1. The molecule has 0 radical (unpaired) electrons. The predicted molar refractivity (Wildman–Crippen MR) is 122 cm³/mol. The van der Waals surface area contributed by atoms with E-state index in [1.807, 2.05) is 0 Å². The van der Waals surface area contributed by atoms with Gasteiger partial charge < -0.3 is 0 Å². The molecule has 0 atom stereocenters. The van der Waals surface area contributed by atoms with E-state index >= 15 is 0 Å². The van der Waals surface area contributed by atoms with E-state index in [1.165, 1.54) is 38.7 Å². The number of hydrogen-bond acceptors (Lipinski definition) is 1. The molecular weight excluding hydrogens is 352 g/mol. The quantitative estimate of drug-likeness (QED) is 0.373. The first-order chi connectivity index (χ1) is 13.8. The van der Waals surface area contributed by atoms with E-state index in [2.05, 4.69) is 107 Å². The number of hydrogen-bond donors (Lipinski definition) is 0. The van der Waals surface area contributed by atoms with Crippen LogP contribution in [-0.4, -0.2) is 4.98 Å². The Balaban J connectivity index is 1.92. The van der Waals surface area contributed by atoms with Crippen LogP contribution in [-0.2, 0) is 7.05 Å². The van der Waals surface area contributed by atoms with Gasteiger partial charge in [0.05, 0.1) is 16.6 Å². The summed E-state index contributed by atoms with van der Waals surface area (Å²) in [5.41, 5.74) is 9.88. The molecule has 0 N–H and O–H groups in total. The average Bonchev–Trinajstić information content (AvgIpc) is 2.70. The van der Waals surface area contributed by atoms with Crippen molar-refractivity contribution < 1.29 is 4.57 Å². The van der Waals surface area contributed by atoms with Gasteiger partial charge in [-0.2, -0.15) is 0 Å². The third-order valence-corrected chi connectivity index (χ3v) is 5.86. The van der Waals surface area contributed by atoms with Crippen LogP contribution < -0.4 is 4.57 Å². The van der Waals surface area contributed by atoms with Crippen molar-refractivity contribution in [3.8, 4) is 22.5 Å². The molecule has 0 fully saturated rings. The summed E-state index contributed by atoms with van der Waals surface area (Å²) in [5, 5.41) is 2.51. The zero-order valence-corrected chi connectivity index (χ0v) is 18.2. The molecule has 0 bridgehead atoms. The highest BCUT2D eigenvalue weighted by atomic mass is 14.9. The average molecular weight is 382 g/mol. The molecule has 29 heavy (non-hydrogen) atoms. The number of pyridine rings is 2. The minimum Gasteiger partial charge on any atom is -0.253 e. The first-order valence-corrected chi connectivity index (χ1v) is 10.3. The molecule has 0 saturated heterocycles. The third-order valence-electron chi connectivity index (χ3n) is 5.86. The van der Waals surface area contributed by atoms with Crippen LogP contribution in [0.3, 0.4) is 0 Å². The van der Waals surface area contributed by atoms with Crippen molar-refractivity contribution in [2.45, 2.75) is 40.5 Å². The molecule has 4 aromatic rings. The first kappa shape index (κ1) is 19.3. The van der Waals surface area contributed by atoms with Gasteiger partial charge in [0.25, 0.3) is 0 Å². The van der Waals surface area contributed by atoms with Crippen molar-refractivity contribution in [2.24, 2.45) is 7.05 Å². The smallest absolute Gasteiger partial charge is 0.220 e. The van der Waals surface area contributed by atoms with Crippen LogP contribution in [0.15, 0.2) is 60.8 Å². The van der Waals surface area contributed by atoms with E-state index < -0.39 is 0 Å². The Bertz CT molecular complexity index is 1220. The number of rotatable bonds is 3. The number of aryl methyl sites for hydroxylation is 3. The summed E-state index contributed by atoms with van der Waals surface area (Å²) in [7, 11) is 2.13. The van der Waals surface area contributed by atoms with Crippen molar-refractivity contribution in [1.29, 1.82) is 0 Å². The van der Waals surface area contributed by atoms with Crippen molar-refractivity contribution in [3.05, 3.63) is 83.2 Å². The molecule has 2 heterocycles. The molecule has 0 spiro atoms. The van der Waals surface area contributed by atoms with Crippen molar-refractivity contribution in [1.82, 2.24) is 4.98 Å².